The molecule has 0 spiro atoms. The van der Waals surface area contributed by atoms with Crippen LogP contribution < -0.4 is 0 Å². The van der Waals surface area contributed by atoms with Crippen molar-refractivity contribution in [2.45, 2.75) is 19.3 Å². The Morgan fingerprint density at radius 2 is 1.95 bits per heavy atom. The van der Waals surface area contributed by atoms with Gasteiger partial charge >= 0.3 is 5.97 Å². The molecule has 0 saturated carbocycles. The molecule has 0 saturated heterocycles. The third-order valence-electron chi connectivity index (χ3n) is 3.98. The molecule has 3 nitrogen and oxygen atoms in total. The standard InChI is InChI=1S/C17H13NO2S/c19-17(20)13-6-7-14-15(9-13)21-16(18-14)12-5-4-10-2-1-3-11(10)8-12/h4-9H,1-3H2,(H,19,20). The van der Waals surface area contributed by atoms with Crippen LogP contribution in [0, 0.1) is 0 Å². The number of carbonyl (C=O) groups is 1. The Morgan fingerprint density at radius 3 is 2.81 bits per heavy atom. The average molecular weight is 295 g/mol. The Labute approximate surface area is 125 Å². The molecule has 104 valence electrons. The highest BCUT2D eigenvalue weighted by Gasteiger charge is 2.14. The fourth-order valence-electron chi connectivity index (χ4n) is 2.89. The monoisotopic (exact) mass is 295 g/mol. The molecule has 1 aliphatic carbocycles. The van der Waals surface area contributed by atoms with Crippen LogP contribution in [0.3, 0.4) is 0 Å². The zero-order valence-electron chi connectivity index (χ0n) is 11.3. The number of aromatic nitrogens is 1. The van der Waals surface area contributed by atoms with E-state index in [0.717, 1.165) is 27.2 Å². The summed E-state index contributed by atoms with van der Waals surface area (Å²) >= 11 is 1.55. The van der Waals surface area contributed by atoms with Gasteiger partial charge in [-0.25, -0.2) is 9.78 Å². The van der Waals surface area contributed by atoms with Crippen molar-refractivity contribution in [1.29, 1.82) is 0 Å². The number of hydrogen-bond donors (Lipinski definition) is 1. The lowest BCUT2D eigenvalue weighted by Gasteiger charge is -2.01. The van der Waals surface area contributed by atoms with Gasteiger partial charge < -0.3 is 5.11 Å². The lowest BCUT2D eigenvalue weighted by molar-refractivity contribution is 0.0697. The minimum atomic E-state index is -0.899. The molecule has 1 aliphatic rings. The van der Waals surface area contributed by atoms with E-state index in [-0.39, 0.29) is 0 Å². The van der Waals surface area contributed by atoms with Crippen LogP contribution in [0.1, 0.15) is 27.9 Å². The first kappa shape index (κ1) is 12.5. The summed E-state index contributed by atoms with van der Waals surface area (Å²) in [5.41, 5.74) is 5.19. The van der Waals surface area contributed by atoms with Crippen LogP contribution in [0.25, 0.3) is 20.8 Å². The van der Waals surface area contributed by atoms with Crippen molar-refractivity contribution in [3.63, 3.8) is 0 Å². The van der Waals surface area contributed by atoms with Crippen molar-refractivity contribution >= 4 is 27.5 Å². The molecule has 0 radical (unpaired) electrons. The molecule has 0 atom stereocenters. The zero-order chi connectivity index (χ0) is 14.4. The highest BCUT2D eigenvalue weighted by atomic mass is 32.1. The zero-order valence-corrected chi connectivity index (χ0v) is 12.1. The molecule has 0 aliphatic heterocycles. The number of nitrogens with zero attached hydrogens (tertiary/aromatic N) is 1. The number of benzene rings is 2. The van der Waals surface area contributed by atoms with Crippen molar-refractivity contribution < 1.29 is 9.90 Å². The van der Waals surface area contributed by atoms with Crippen molar-refractivity contribution in [1.82, 2.24) is 4.98 Å². The second-order valence-corrected chi connectivity index (χ2v) is 6.37. The number of carboxylic acid groups (broad SMARTS) is 1. The van der Waals surface area contributed by atoms with Gasteiger partial charge in [0.2, 0.25) is 0 Å². The summed E-state index contributed by atoms with van der Waals surface area (Å²) in [6.07, 6.45) is 3.56. The van der Waals surface area contributed by atoms with Crippen LogP contribution in [0.5, 0.6) is 0 Å². The molecule has 1 aromatic heterocycles. The van der Waals surface area contributed by atoms with E-state index in [9.17, 15) is 4.79 Å². The third kappa shape index (κ3) is 2.12. The van der Waals surface area contributed by atoms with Crippen LogP contribution >= 0.6 is 11.3 Å². The Bertz CT molecular complexity index is 866. The molecule has 0 amide bonds. The maximum Gasteiger partial charge on any atom is 0.335 e. The van der Waals surface area contributed by atoms with Crippen LogP contribution in [-0.2, 0) is 12.8 Å². The first-order valence-corrected chi connectivity index (χ1v) is 7.78. The van der Waals surface area contributed by atoms with Crippen molar-refractivity contribution in [3.05, 3.63) is 53.1 Å². The van der Waals surface area contributed by atoms with Gasteiger partial charge in [0.15, 0.2) is 0 Å². The minimum Gasteiger partial charge on any atom is -0.478 e. The number of aryl methyl sites for hydroxylation is 2. The summed E-state index contributed by atoms with van der Waals surface area (Å²) < 4.78 is 0.922. The Hall–Kier alpha value is -2.20. The molecule has 21 heavy (non-hydrogen) atoms. The highest BCUT2D eigenvalue weighted by molar-refractivity contribution is 7.21. The Kier molecular flexibility index (Phi) is 2.79. The van der Waals surface area contributed by atoms with Gasteiger partial charge in [-0.3, -0.25) is 0 Å². The first-order chi connectivity index (χ1) is 10.2. The number of aromatic carboxylic acids is 1. The average Bonchev–Trinajstić information content (AvgIpc) is 3.11. The van der Waals surface area contributed by atoms with Crippen molar-refractivity contribution in [2.24, 2.45) is 0 Å². The molecule has 0 fully saturated rings. The maximum absolute atomic E-state index is 11.0. The second-order valence-electron chi connectivity index (χ2n) is 5.34. The Balaban J connectivity index is 1.81. The van der Waals surface area contributed by atoms with E-state index in [4.69, 9.17) is 5.11 Å². The first-order valence-electron chi connectivity index (χ1n) is 6.97. The van der Waals surface area contributed by atoms with Crippen LogP contribution in [-0.4, -0.2) is 16.1 Å². The molecule has 1 N–H and O–H groups in total. The van der Waals surface area contributed by atoms with Gasteiger partial charge in [0, 0.05) is 5.56 Å². The SMILES string of the molecule is O=C(O)c1ccc2nc(-c3ccc4c(c3)CCC4)sc2c1. The smallest absolute Gasteiger partial charge is 0.335 e. The summed E-state index contributed by atoms with van der Waals surface area (Å²) in [5.74, 6) is -0.899. The van der Waals surface area contributed by atoms with Crippen LogP contribution in [0.2, 0.25) is 0 Å². The largest absolute Gasteiger partial charge is 0.478 e. The quantitative estimate of drug-likeness (QED) is 0.772. The van der Waals surface area contributed by atoms with Gasteiger partial charge in [0.05, 0.1) is 15.8 Å². The number of carboxylic acids is 1. The van der Waals surface area contributed by atoms with E-state index in [1.54, 1.807) is 29.5 Å². The molecular weight excluding hydrogens is 282 g/mol. The molecule has 1 heterocycles. The third-order valence-corrected chi connectivity index (χ3v) is 5.05. The maximum atomic E-state index is 11.0. The number of fused-ring (bicyclic) bond motifs is 2. The summed E-state index contributed by atoms with van der Waals surface area (Å²) in [5, 5.41) is 10.0. The van der Waals surface area contributed by atoms with Crippen LogP contribution in [0.4, 0.5) is 0 Å². The van der Waals surface area contributed by atoms with Crippen molar-refractivity contribution in [2.75, 3.05) is 0 Å². The van der Waals surface area contributed by atoms with Gasteiger partial charge in [-0.05, 0) is 54.7 Å². The van der Waals surface area contributed by atoms with E-state index in [2.05, 4.69) is 23.2 Å². The molecule has 0 bridgehead atoms. The fraction of sp³-hybridized carbons (Fsp3) is 0.176. The molecular formula is C17H13NO2S. The van der Waals surface area contributed by atoms with E-state index in [1.807, 2.05) is 0 Å². The van der Waals surface area contributed by atoms with E-state index in [0.29, 0.717) is 5.56 Å². The summed E-state index contributed by atoms with van der Waals surface area (Å²) in [4.78, 5) is 15.7. The molecule has 2 aromatic carbocycles. The minimum absolute atomic E-state index is 0.312. The molecule has 0 unspecified atom stereocenters. The molecule has 3 aromatic rings. The Morgan fingerprint density at radius 1 is 1.10 bits per heavy atom. The summed E-state index contributed by atoms with van der Waals surface area (Å²) in [6, 6.07) is 11.7. The van der Waals surface area contributed by atoms with E-state index < -0.39 is 5.97 Å². The van der Waals surface area contributed by atoms with Gasteiger partial charge in [0.25, 0.3) is 0 Å². The van der Waals surface area contributed by atoms with Gasteiger partial charge in [-0.15, -0.1) is 11.3 Å². The van der Waals surface area contributed by atoms with Gasteiger partial charge in [-0.2, -0.15) is 0 Å². The van der Waals surface area contributed by atoms with E-state index in [1.165, 1.54) is 24.0 Å². The van der Waals surface area contributed by atoms with E-state index >= 15 is 0 Å². The second kappa shape index (κ2) is 4.67. The number of hydrogen-bond acceptors (Lipinski definition) is 3. The van der Waals surface area contributed by atoms with Crippen LogP contribution in [0.15, 0.2) is 36.4 Å². The molecule has 4 rings (SSSR count). The molecule has 4 heteroatoms. The summed E-state index contributed by atoms with van der Waals surface area (Å²) in [7, 11) is 0. The predicted octanol–water partition coefficient (Wildman–Crippen LogP) is 4.15. The summed E-state index contributed by atoms with van der Waals surface area (Å²) in [6.45, 7) is 0. The van der Waals surface area contributed by atoms with Gasteiger partial charge in [-0.1, -0.05) is 12.1 Å². The normalized spacial score (nSPS) is 13.5. The topological polar surface area (TPSA) is 50.2 Å². The number of thiazole rings is 1. The fourth-order valence-corrected chi connectivity index (χ4v) is 3.89. The van der Waals surface area contributed by atoms with Crippen molar-refractivity contribution in [3.8, 4) is 10.6 Å². The predicted molar refractivity (Wildman–Crippen MR) is 84.0 cm³/mol. The lowest BCUT2D eigenvalue weighted by Crippen LogP contribution is -1.94. The highest BCUT2D eigenvalue weighted by Crippen LogP contribution is 2.33. The lowest BCUT2D eigenvalue weighted by atomic mass is 10.1. The van der Waals surface area contributed by atoms with Gasteiger partial charge in [0.1, 0.15) is 5.01 Å². The number of rotatable bonds is 2.